The van der Waals surface area contributed by atoms with E-state index in [0.29, 0.717) is 43.9 Å². The third-order valence-corrected chi connectivity index (χ3v) is 8.52. The summed E-state index contributed by atoms with van der Waals surface area (Å²) in [6, 6.07) is 16.0. The molecule has 226 valence electrons. The number of aryl methyl sites for hydroxylation is 1. The molecule has 8 nitrogen and oxygen atoms in total. The Morgan fingerprint density at radius 2 is 1.74 bits per heavy atom. The fraction of sp³-hybridized carbons (Fsp3) is 0.500. The van der Waals surface area contributed by atoms with Gasteiger partial charge in [0.15, 0.2) is 11.5 Å². The molecule has 2 aliphatic rings. The largest absolute Gasteiger partial charge is 0.493 e. The molecule has 8 heteroatoms. The first-order chi connectivity index (χ1) is 20.4. The molecule has 2 aromatic carbocycles. The summed E-state index contributed by atoms with van der Waals surface area (Å²) in [4.78, 5) is 42.2. The van der Waals surface area contributed by atoms with Crippen molar-refractivity contribution in [2.24, 2.45) is 11.3 Å². The number of nitrogens with one attached hydrogen (secondary N) is 1. The van der Waals surface area contributed by atoms with Crippen LogP contribution in [-0.4, -0.2) is 57.1 Å². The Hall–Kier alpha value is -3.81. The van der Waals surface area contributed by atoms with Crippen molar-refractivity contribution in [1.29, 1.82) is 0 Å². The molecule has 0 aromatic heterocycles. The van der Waals surface area contributed by atoms with Gasteiger partial charge in [-0.15, -0.1) is 0 Å². The second-order valence-corrected chi connectivity index (χ2v) is 11.2. The molecule has 0 spiro atoms. The molecule has 2 aromatic rings. The number of esters is 1. The Morgan fingerprint density at radius 3 is 2.48 bits per heavy atom. The summed E-state index contributed by atoms with van der Waals surface area (Å²) >= 11 is 0. The molecular formula is C34H44N2O6. The van der Waals surface area contributed by atoms with E-state index >= 15 is 0 Å². The zero-order valence-electron chi connectivity index (χ0n) is 25.2. The molecule has 0 bridgehead atoms. The van der Waals surface area contributed by atoms with Gasteiger partial charge in [-0.2, -0.15) is 0 Å². The smallest absolute Gasteiger partial charge is 0.317 e. The first-order valence-electron chi connectivity index (χ1n) is 15.0. The monoisotopic (exact) mass is 576 g/mol. The highest BCUT2D eigenvalue weighted by molar-refractivity contribution is 5.92. The highest BCUT2D eigenvalue weighted by Crippen LogP contribution is 2.49. The van der Waals surface area contributed by atoms with Gasteiger partial charge in [-0.3, -0.25) is 14.4 Å². The van der Waals surface area contributed by atoms with E-state index < -0.39 is 11.3 Å². The maximum atomic E-state index is 14.0. The van der Waals surface area contributed by atoms with Crippen molar-refractivity contribution in [3.05, 3.63) is 71.4 Å². The average molecular weight is 577 g/mol. The maximum absolute atomic E-state index is 14.0. The van der Waals surface area contributed by atoms with Crippen molar-refractivity contribution in [3.63, 3.8) is 0 Å². The van der Waals surface area contributed by atoms with Gasteiger partial charge in [-0.25, -0.2) is 0 Å². The summed E-state index contributed by atoms with van der Waals surface area (Å²) in [6.07, 6.45) is 8.91. The number of ether oxygens (including phenoxy) is 3. The maximum Gasteiger partial charge on any atom is 0.317 e. The van der Waals surface area contributed by atoms with Gasteiger partial charge in [0, 0.05) is 31.1 Å². The lowest BCUT2D eigenvalue weighted by molar-refractivity contribution is -0.159. The van der Waals surface area contributed by atoms with Crippen molar-refractivity contribution < 1.29 is 28.6 Å². The van der Waals surface area contributed by atoms with E-state index in [1.165, 1.54) is 12.7 Å². The normalized spacial score (nSPS) is 20.2. The minimum atomic E-state index is -0.933. The summed E-state index contributed by atoms with van der Waals surface area (Å²) in [5.74, 6) is 0.0597. The molecule has 2 atom stereocenters. The zero-order chi connectivity index (χ0) is 30.0. The van der Waals surface area contributed by atoms with E-state index in [2.05, 4.69) is 17.4 Å². The minimum absolute atomic E-state index is 0.0520. The number of methoxy groups -OCH3 is 3. The molecule has 0 saturated carbocycles. The molecule has 2 amide bonds. The van der Waals surface area contributed by atoms with Crippen LogP contribution in [0.25, 0.3) is 0 Å². The Labute approximate surface area is 249 Å². The number of unbranched alkanes of at least 4 members (excludes halogenated alkanes) is 1. The summed E-state index contributed by atoms with van der Waals surface area (Å²) in [5.41, 5.74) is 2.06. The molecule has 0 radical (unpaired) electrons. The third kappa shape index (κ3) is 7.33. The molecule has 1 aliphatic carbocycles. The summed E-state index contributed by atoms with van der Waals surface area (Å²) in [7, 11) is 4.59. The van der Waals surface area contributed by atoms with Crippen LogP contribution in [0.3, 0.4) is 0 Å². The third-order valence-electron chi connectivity index (χ3n) is 8.52. The van der Waals surface area contributed by atoms with Crippen molar-refractivity contribution in [2.45, 2.75) is 64.2 Å². The van der Waals surface area contributed by atoms with Gasteiger partial charge in [0.05, 0.1) is 21.3 Å². The molecule has 1 heterocycles. The van der Waals surface area contributed by atoms with Crippen molar-refractivity contribution >= 4 is 17.8 Å². The Morgan fingerprint density at radius 1 is 0.952 bits per heavy atom. The Balaban J connectivity index is 1.47. The van der Waals surface area contributed by atoms with Crippen LogP contribution in [0.1, 0.15) is 62.5 Å². The number of carbonyl (C=O) groups is 3. The van der Waals surface area contributed by atoms with Gasteiger partial charge in [-0.05, 0) is 74.6 Å². The topological polar surface area (TPSA) is 94.2 Å². The number of piperidine rings is 1. The lowest BCUT2D eigenvalue weighted by atomic mass is 9.69. The van der Waals surface area contributed by atoms with Crippen molar-refractivity contribution in [2.75, 3.05) is 34.4 Å². The number of allylic oxidation sites excluding steroid dienone is 1. The number of amides is 2. The summed E-state index contributed by atoms with van der Waals surface area (Å²) in [5, 5.41) is 3.01. The summed E-state index contributed by atoms with van der Waals surface area (Å²) < 4.78 is 16.2. The Kier molecular flexibility index (Phi) is 11.0. The van der Waals surface area contributed by atoms with Gasteiger partial charge in [0.2, 0.25) is 11.8 Å². The van der Waals surface area contributed by atoms with E-state index in [0.717, 1.165) is 49.8 Å². The quantitative estimate of drug-likeness (QED) is 0.259. The van der Waals surface area contributed by atoms with E-state index in [1.807, 2.05) is 42.5 Å². The van der Waals surface area contributed by atoms with Crippen LogP contribution in [-0.2, 0) is 32.0 Å². The molecule has 1 aliphatic heterocycles. The van der Waals surface area contributed by atoms with Crippen LogP contribution in [0.5, 0.6) is 11.5 Å². The highest BCUT2D eigenvalue weighted by Gasteiger charge is 2.53. The summed E-state index contributed by atoms with van der Waals surface area (Å²) in [6.45, 7) is 0.944. The van der Waals surface area contributed by atoms with Gasteiger partial charge >= 0.3 is 5.97 Å². The van der Waals surface area contributed by atoms with Crippen LogP contribution in [0.4, 0.5) is 0 Å². The van der Waals surface area contributed by atoms with E-state index in [9.17, 15) is 14.4 Å². The molecule has 1 fully saturated rings. The first-order valence-corrected chi connectivity index (χ1v) is 15.0. The van der Waals surface area contributed by atoms with Crippen LogP contribution in [0.2, 0.25) is 0 Å². The molecule has 42 heavy (non-hydrogen) atoms. The predicted octanol–water partition coefficient (Wildman–Crippen LogP) is 5.24. The molecular weight excluding hydrogens is 532 g/mol. The van der Waals surface area contributed by atoms with E-state index in [-0.39, 0.29) is 24.2 Å². The first kappa shape index (κ1) is 31.1. The van der Waals surface area contributed by atoms with Crippen LogP contribution in [0, 0.1) is 11.3 Å². The molecule has 1 N–H and O–H groups in total. The number of hydrogen-bond acceptors (Lipinski definition) is 6. The van der Waals surface area contributed by atoms with Crippen molar-refractivity contribution in [1.82, 2.24) is 10.2 Å². The second-order valence-electron chi connectivity index (χ2n) is 11.2. The predicted molar refractivity (Wildman–Crippen MR) is 161 cm³/mol. The van der Waals surface area contributed by atoms with Gasteiger partial charge in [-0.1, -0.05) is 48.9 Å². The number of benzene rings is 2. The fourth-order valence-corrected chi connectivity index (χ4v) is 6.33. The van der Waals surface area contributed by atoms with Crippen LogP contribution < -0.4 is 14.8 Å². The standard InChI is InChI=1S/C34H44N2O6/c1-40-28-17-16-26(22-29(28)41-2)18-21-36-30-15-8-5-10-19-34(30,33(39)42-3)24-27(32(36)38)23-31(37)35-20-11-9-14-25-12-6-4-7-13-25/h4,6-7,12-13,15-17,22,27H,5,8-11,14,18-21,23-24H2,1-3H3,(H,35,37)/t27-,34+/m1/s1. The molecule has 4 rings (SSSR count). The average Bonchev–Trinajstić information content (AvgIpc) is 3.24. The lowest BCUT2D eigenvalue weighted by Crippen LogP contribution is -2.53. The number of carbonyl (C=O) groups excluding carboxylic acids is 3. The number of fused-ring (bicyclic) bond motifs is 1. The van der Waals surface area contributed by atoms with Crippen molar-refractivity contribution in [3.8, 4) is 11.5 Å². The van der Waals surface area contributed by atoms with E-state index in [1.54, 1.807) is 19.1 Å². The second kappa shape index (κ2) is 14.9. The van der Waals surface area contributed by atoms with Crippen LogP contribution >= 0.6 is 0 Å². The lowest BCUT2D eigenvalue weighted by Gasteiger charge is -2.46. The highest BCUT2D eigenvalue weighted by atomic mass is 16.5. The Bertz CT molecular complexity index is 1260. The zero-order valence-corrected chi connectivity index (χ0v) is 25.2. The minimum Gasteiger partial charge on any atom is -0.493 e. The van der Waals surface area contributed by atoms with Gasteiger partial charge in [0.25, 0.3) is 0 Å². The fourth-order valence-electron chi connectivity index (χ4n) is 6.33. The van der Waals surface area contributed by atoms with E-state index in [4.69, 9.17) is 14.2 Å². The molecule has 1 saturated heterocycles. The molecule has 0 unspecified atom stereocenters. The number of hydrogen-bond donors (Lipinski definition) is 1. The number of likely N-dealkylation sites (tertiary alicyclic amines) is 1. The van der Waals surface area contributed by atoms with Crippen LogP contribution in [0.15, 0.2) is 60.3 Å². The van der Waals surface area contributed by atoms with Gasteiger partial charge in [0.1, 0.15) is 5.41 Å². The number of rotatable bonds is 13. The number of nitrogens with zero attached hydrogens (tertiary/aromatic N) is 1. The SMILES string of the molecule is COC(=O)[C@]12CCCCC=C1N(CCc1ccc(OC)c(OC)c1)C(=O)[C@H](CC(=O)NCCCCc1ccccc1)C2. The van der Waals surface area contributed by atoms with Gasteiger partial charge < -0.3 is 24.4 Å².